The van der Waals surface area contributed by atoms with Crippen molar-refractivity contribution in [2.24, 2.45) is 0 Å². The zero-order valence-corrected chi connectivity index (χ0v) is 11.2. The van der Waals surface area contributed by atoms with E-state index < -0.39 is 0 Å². The van der Waals surface area contributed by atoms with Crippen LogP contribution in [0.3, 0.4) is 0 Å². The maximum absolute atomic E-state index is 11.5. The number of alkyl carbamates (subject to hydrolysis) is 1. The first-order valence-corrected chi connectivity index (χ1v) is 7.02. The van der Waals surface area contributed by atoms with Gasteiger partial charge in [-0.25, -0.2) is 4.79 Å². The number of carbonyl (C=O) groups is 1. The molecule has 1 fully saturated rings. The Morgan fingerprint density at radius 3 is 2.89 bits per heavy atom. The number of rotatable bonds is 5. The quantitative estimate of drug-likeness (QED) is 0.857. The summed E-state index contributed by atoms with van der Waals surface area (Å²) in [5, 5.41) is 6.19. The molecular formula is C15H22N2O2. The molecule has 1 unspecified atom stereocenters. The molecule has 2 rings (SSSR count). The fourth-order valence-corrected chi connectivity index (χ4v) is 2.29. The molecule has 1 saturated heterocycles. The fourth-order valence-electron chi connectivity index (χ4n) is 2.29. The van der Waals surface area contributed by atoms with E-state index in [9.17, 15) is 4.79 Å². The van der Waals surface area contributed by atoms with Gasteiger partial charge >= 0.3 is 6.09 Å². The third-order valence-corrected chi connectivity index (χ3v) is 3.39. The summed E-state index contributed by atoms with van der Waals surface area (Å²) in [5.41, 5.74) is 1.08. The van der Waals surface area contributed by atoms with Gasteiger partial charge in [0, 0.05) is 12.6 Å². The molecule has 0 aliphatic carbocycles. The predicted molar refractivity (Wildman–Crippen MR) is 74.9 cm³/mol. The lowest BCUT2D eigenvalue weighted by Gasteiger charge is -2.23. The Bertz CT molecular complexity index is 375. The van der Waals surface area contributed by atoms with Crippen molar-refractivity contribution in [3.05, 3.63) is 35.9 Å². The third-order valence-electron chi connectivity index (χ3n) is 3.39. The molecule has 4 heteroatoms. The van der Waals surface area contributed by atoms with Gasteiger partial charge in [0.15, 0.2) is 0 Å². The van der Waals surface area contributed by atoms with Gasteiger partial charge in [-0.2, -0.15) is 0 Å². The zero-order valence-electron chi connectivity index (χ0n) is 11.2. The molecular weight excluding hydrogens is 240 g/mol. The monoisotopic (exact) mass is 262 g/mol. The minimum atomic E-state index is -0.334. The van der Waals surface area contributed by atoms with E-state index in [1.165, 1.54) is 19.3 Å². The summed E-state index contributed by atoms with van der Waals surface area (Å²) in [7, 11) is 0. The van der Waals surface area contributed by atoms with Crippen LogP contribution in [0.1, 0.15) is 31.2 Å². The smallest absolute Gasteiger partial charge is 0.407 e. The van der Waals surface area contributed by atoms with Crippen LogP contribution in [0.2, 0.25) is 0 Å². The molecule has 19 heavy (non-hydrogen) atoms. The summed E-state index contributed by atoms with van der Waals surface area (Å²) in [6, 6.07) is 10.3. The first kappa shape index (κ1) is 13.9. The Morgan fingerprint density at radius 2 is 2.16 bits per heavy atom. The van der Waals surface area contributed by atoms with Gasteiger partial charge in [0.05, 0.1) is 6.61 Å². The first-order chi connectivity index (χ1) is 9.34. The van der Waals surface area contributed by atoms with Crippen molar-refractivity contribution >= 4 is 6.09 Å². The standard InChI is InChI=1S/C15H22N2O2/c18-15(17-12-13-6-2-1-3-7-13)19-11-9-14-8-4-5-10-16-14/h1-3,6-7,14,16H,4-5,8-12H2,(H,17,18). The second-order valence-electron chi connectivity index (χ2n) is 4.91. The van der Waals surface area contributed by atoms with Crippen LogP contribution in [0, 0.1) is 0 Å². The number of benzene rings is 1. The molecule has 1 aromatic carbocycles. The van der Waals surface area contributed by atoms with Crippen molar-refractivity contribution in [1.82, 2.24) is 10.6 Å². The average molecular weight is 262 g/mol. The van der Waals surface area contributed by atoms with E-state index in [1.54, 1.807) is 0 Å². The number of piperidine rings is 1. The molecule has 0 aromatic heterocycles. The molecule has 0 spiro atoms. The van der Waals surface area contributed by atoms with E-state index in [0.717, 1.165) is 18.5 Å². The normalized spacial score (nSPS) is 18.8. The largest absolute Gasteiger partial charge is 0.449 e. The van der Waals surface area contributed by atoms with Gasteiger partial charge in [-0.15, -0.1) is 0 Å². The summed E-state index contributed by atoms with van der Waals surface area (Å²) in [4.78, 5) is 11.5. The van der Waals surface area contributed by atoms with Gasteiger partial charge < -0.3 is 15.4 Å². The molecule has 0 bridgehead atoms. The Kier molecular flexibility index (Phi) is 5.69. The van der Waals surface area contributed by atoms with E-state index in [4.69, 9.17) is 4.74 Å². The second-order valence-corrected chi connectivity index (χ2v) is 4.91. The van der Waals surface area contributed by atoms with Gasteiger partial charge in [-0.3, -0.25) is 0 Å². The molecule has 1 amide bonds. The summed E-state index contributed by atoms with van der Waals surface area (Å²) >= 11 is 0. The van der Waals surface area contributed by atoms with Crippen LogP contribution in [0.4, 0.5) is 4.79 Å². The SMILES string of the molecule is O=C(NCc1ccccc1)OCCC1CCCCN1. The van der Waals surface area contributed by atoms with Crippen molar-refractivity contribution in [2.75, 3.05) is 13.2 Å². The summed E-state index contributed by atoms with van der Waals surface area (Å²) < 4.78 is 5.18. The number of hydrogen-bond acceptors (Lipinski definition) is 3. The molecule has 4 nitrogen and oxygen atoms in total. The van der Waals surface area contributed by atoms with Crippen molar-refractivity contribution in [3.63, 3.8) is 0 Å². The van der Waals surface area contributed by atoms with Gasteiger partial charge in [0.1, 0.15) is 0 Å². The molecule has 1 aliphatic heterocycles. The molecule has 0 radical (unpaired) electrons. The van der Waals surface area contributed by atoms with Crippen LogP contribution in [0.15, 0.2) is 30.3 Å². The number of nitrogens with one attached hydrogen (secondary N) is 2. The Balaban J connectivity index is 1.57. The number of hydrogen-bond donors (Lipinski definition) is 2. The van der Waals surface area contributed by atoms with Crippen LogP contribution < -0.4 is 10.6 Å². The van der Waals surface area contributed by atoms with Gasteiger partial charge in [0.2, 0.25) is 0 Å². The highest BCUT2D eigenvalue weighted by Gasteiger charge is 2.12. The number of amides is 1. The highest BCUT2D eigenvalue weighted by atomic mass is 16.5. The first-order valence-electron chi connectivity index (χ1n) is 7.02. The van der Waals surface area contributed by atoms with Crippen LogP contribution in [-0.2, 0) is 11.3 Å². The second kappa shape index (κ2) is 7.79. The van der Waals surface area contributed by atoms with E-state index >= 15 is 0 Å². The number of ether oxygens (including phenoxy) is 1. The molecule has 1 atom stereocenters. The van der Waals surface area contributed by atoms with Gasteiger partial charge in [0.25, 0.3) is 0 Å². The summed E-state index contributed by atoms with van der Waals surface area (Å²) in [6.07, 6.45) is 4.29. The molecule has 1 aliphatic rings. The number of carbonyl (C=O) groups excluding carboxylic acids is 1. The van der Waals surface area contributed by atoms with Crippen LogP contribution in [0.5, 0.6) is 0 Å². The highest BCUT2D eigenvalue weighted by Crippen LogP contribution is 2.09. The van der Waals surface area contributed by atoms with Gasteiger partial charge in [-0.05, 0) is 31.4 Å². The highest BCUT2D eigenvalue weighted by molar-refractivity contribution is 5.67. The maximum Gasteiger partial charge on any atom is 0.407 e. The molecule has 1 aromatic rings. The van der Waals surface area contributed by atoms with Crippen LogP contribution in [0.25, 0.3) is 0 Å². The van der Waals surface area contributed by atoms with Crippen molar-refractivity contribution in [2.45, 2.75) is 38.3 Å². The Hall–Kier alpha value is -1.55. The van der Waals surface area contributed by atoms with Crippen LogP contribution in [-0.4, -0.2) is 25.3 Å². The average Bonchev–Trinajstić information content (AvgIpc) is 2.47. The Labute approximate surface area is 114 Å². The lowest BCUT2D eigenvalue weighted by molar-refractivity contribution is 0.138. The van der Waals surface area contributed by atoms with E-state index in [0.29, 0.717) is 19.2 Å². The summed E-state index contributed by atoms with van der Waals surface area (Å²) in [5.74, 6) is 0. The topological polar surface area (TPSA) is 50.4 Å². The Morgan fingerprint density at radius 1 is 1.32 bits per heavy atom. The fraction of sp³-hybridized carbons (Fsp3) is 0.533. The molecule has 2 N–H and O–H groups in total. The van der Waals surface area contributed by atoms with E-state index in [2.05, 4.69) is 10.6 Å². The van der Waals surface area contributed by atoms with E-state index in [-0.39, 0.29) is 6.09 Å². The van der Waals surface area contributed by atoms with Gasteiger partial charge in [-0.1, -0.05) is 36.8 Å². The third kappa shape index (κ3) is 5.30. The lowest BCUT2D eigenvalue weighted by Crippen LogP contribution is -2.35. The van der Waals surface area contributed by atoms with Crippen LogP contribution >= 0.6 is 0 Å². The summed E-state index contributed by atoms with van der Waals surface area (Å²) in [6.45, 7) is 2.09. The van der Waals surface area contributed by atoms with Crippen molar-refractivity contribution < 1.29 is 9.53 Å². The lowest BCUT2D eigenvalue weighted by atomic mass is 10.0. The maximum atomic E-state index is 11.5. The van der Waals surface area contributed by atoms with Crippen molar-refractivity contribution in [3.8, 4) is 0 Å². The van der Waals surface area contributed by atoms with Crippen molar-refractivity contribution in [1.29, 1.82) is 0 Å². The van der Waals surface area contributed by atoms with E-state index in [1.807, 2.05) is 30.3 Å². The minimum absolute atomic E-state index is 0.334. The predicted octanol–water partition coefficient (Wildman–Crippen LogP) is 2.45. The molecule has 104 valence electrons. The molecule has 1 heterocycles. The zero-order chi connectivity index (χ0) is 13.3. The minimum Gasteiger partial charge on any atom is -0.449 e. The molecule has 0 saturated carbocycles.